The van der Waals surface area contributed by atoms with E-state index in [2.05, 4.69) is 21.6 Å². The molecule has 0 spiro atoms. The van der Waals surface area contributed by atoms with Gasteiger partial charge in [-0.1, -0.05) is 12.1 Å². The van der Waals surface area contributed by atoms with E-state index < -0.39 is 6.10 Å². The first-order valence-corrected chi connectivity index (χ1v) is 6.86. The fourth-order valence-corrected chi connectivity index (χ4v) is 2.01. The predicted molar refractivity (Wildman–Crippen MR) is 82.7 cm³/mol. The van der Waals surface area contributed by atoms with Crippen molar-refractivity contribution in [3.05, 3.63) is 46.6 Å². The van der Waals surface area contributed by atoms with E-state index in [1.165, 1.54) is 0 Å². The highest BCUT2D eigenvalue weighted by Gasteiger charge is 2.13. The molecular formula is C16H18N4O2. The van der Waals surface area contributed by atoms with Crippen LogP contribution in [0.1, 0.15) is 28.5 Å². The number of benzene rings is 1. The molecule has 6 nitrogen and oxygen atoms in total. The number of ether oxygens (including phenoxy) is 1. The summed E-state index contributed by atoms with van der Waals surface area (Å²) in [5, 5.41) is 30.4. The molecule has 1 aromatic carbocycles. The lowest BCUT2D eigenvalue weighted by Crippen LogP contribution is -2.15. The molecule has 114 valence electrons. The van der Waals surface area contributed by atoms with Gasteiger partial charge in [-0.15, -0.1) is 5.10 Å². The highest BCUT2D eigenvalue weighted by atomic mass is 16.5. The van der Waals surface area contributed by atoms with Gasteiger partial charge in [-0.25, -0.2) is 0 Å². The maximum atomic E-state index is 10.2. The summed E-state index contributed by atoms with van der Waals surface area (Å²) >= 11 is 0. The number of hydrogen-bond acceptors (Lipinski definition) is 6. The van der Waals surface area contributed by atoms with Gasteiger partial charge in [0.05, 0.1) is 18.9 Å². The normalized spacial score (nSPS) is 11.6. The molecule has 1 atom stereocenters. The van der Waals surface area contributed by atoms with Crippen LogP contribution in [0.5, 0.6) is 5.75 Å². The predicted octanol–water partition coefficient (Wildman–Crippen LogP) is 2.12. The highest BCUT2D eigenvalue weighted by molar-refractivity contribution is 5.55. The molecule has 0 amide bonds. The Bertz CT molecular complexity index is 693. The van der Waals surface area contributed by atoms with E-state index in [9.17, 15) is 10.4 Å². The largest absolute Gasteiger partial charge is 0.497 e. The molecule has 1 aromatic heterocycles. The first-order chi connectivity index (χ1) is 10.6. The Balaban J connectivity index is 2.09. The Hall–Kier alpha value is -2.65. The summed E-state index contributed by atoms with van der Waals surface area (Å²) < 4.78 is 5.08. The van der Waals surface area contributed by atoms with Crippen molar-refractivity contribution in [2.45, 2.75) is 20.0 Å². The number of aryl methyl sites for hydroxylation is 1. The lowest BCUT2D eigenvalue weighted by molar-refractivity contribution is 0.191. The summed E-state index contributed by atoms with van der Waals surface area (Å²) in [6, 6.07) is 9.28. The van der Waals surface area contributed by atoms with Crippen LogP contribution in [0, 0.1) is 25.2 Å². The SMILES string of the molecule is COc1ccc([C@H](O)CNc2nnc(C)c(C)c2C#N)cc1. The molecule has 0 radical (unpaired) electrons. The van der Waals surface area contributed by atoms with Crippen LogP contribution in [0.25, 0.3) is 0 Å². The molecular weight excluding hydrogens is 280 g/mol. The molecule has 2 N–H and O–H groups in total. The first-order valence-electron chi connectivity index (χ1n) is 6.86. The van der Waals surface area contributed by atoms with Gasteiger partial charge in [0.15, 0.2) is 5.82 Å². The fourth-order valence-electron chi connectivity index (χ4n) is 2.01. The van der Waals surface area contributed by atoms with Crippen LogP contribution < -0.4 is 10.1 Å². The van der Waals surface area contributed by atoms with Gasteiger partial charge < -0.3 is 15.2 Å². The van der Waals surface area contributed by atoms with Gasteiger partial charge in [0, 0.05) is 6.54 Å². The smallest absolute Gasteiger partial charge is 0.167 e. The molecule has 0 fully saturated rings. The van der Waals surface area contributed by atoms with Gasteiger partial charge in [0.2, 0.25) is 0 Å². The second kappa shape index (κ2) is 6.87. The summed E-state index contributed by atoms with van der Waals surface area (Å²) in [6.07, 6.45) is -0.721. The van der Waals surface area contributed by atoms with Gasteiger partial charge in [0.1, 0.15) is 17.4 Å². The van der Waals surface area contributed by atoms with E-state index in [0.29, 0.717) is 11.4 Å². The minimum atomic E-state index is -0.721. The number of aromatic nitrogens is 2. The molecule has 2 aromatic rings. The van der Waals surface area contributed by atoms with Crippen molar-refractivity contribution in [3.63, 3.8) is 0 Å². The quantitative estimate of drug-likeness (QED) is 0.878. The number of aliphatic hydroxyl groups excluding tert-OH is 1. The lowest BCUT2D eigenvalue weighted by atomic mass is 10.1. The van der Waals surface area contributed by atoms with Gasteiger partial charge in [-0.2, -0.15) is 10.4 Å². The van der Waals surface area contributed by atoms with Crippen LogP contribution in [-0.2, 0) is 0 Å². The Labute approximate surface area is 129 Å². The van der Waals surface area contributed by atoms with Crippen LogP contribution in [0.4, 0.5) is 5.82 Å². The average molecular weight is 298 g/mol. The van der Waals surface area contributed by atoms with Crippen LogP contribution in [-0.4, -0.2) is 29.0 Å². The first kappa shape index (κ1) is 15.7. The maximum Gasteiger partial charge on any atom is 0.167 e. The molecule has 1 heterocycles. The second-order valence-electron chi connectivity index (χ2n) is 4.92. The number of nitrogens with one attached hydrogen (secondary N) is 1. The van der Waals surface area contributed by atoms with Crippen molar-refractivity contribution in [2.24, 2.45) is 0 Å². The zero-order valence-corrected chi connectivity index (χ0v) is 12.8. The number of hydrogen-bond donors (Lipinski definition) is 2. The average Bonchev–Trinajstić information content (AvgIpc) is 2.55. The van der Waals surface area contributed by atoms with Crippen molar-refractivity contribution in [1.29, 1.82) is 5.26 Å². The second-order valence-corrected chi connectivity index (χ2v) is 4.92. The third-order valence-corrected chi connectivity index (χ3v) is 3.53. The number of methoxy groups -OCH3 is 1. The molecule has 0 bridgehead atoms. The van der Waals surface area contributed by atoms with E-state index in [0.717, 1.165) is 22.6 Å². The van der Waals surface area contributed by atoms with Crippen molar-refractivity contribution in [1.82, 2.24) is 10.2 Å². The summed E-state index contributed by atoms with van der Waals surface area (Å²) in [6.45, 7) is 3.87. The van der Waals surface area contributed by atoms with Crippen molar-refractivity contribution >= 4 is 5.82 Å². The molecule has 0 aliphatic rings. The van der Waals surface area contributed by atoms with E-state index in [4.69, 9.17) is 4.74 Å². The van der Waals surface area contributed by atoms with E-state index >= 15 is 0 Å². The van der Waals surface area contributed by atoms with Crippen molar-refractivity contribution in [2.75, 3.05) is 19.0 Å². The van der Waals surface area contributed by atoms with Crippen LogP contribution >= 0.6 is 0 Å². The molecule has 0 unspecified atom stereocenters. The maximum absolute atomic E-state index is 10.2. The molecule has 0 aliphatic carbocycles. The minimum absolute atomic E-state index is 0.234. The number of aliphatic hydroxyl groups is 1. The Morgan fingerprint density at radius 3 is 2.55 bits per heavy atom. The third kappa shape index (κ3) is 3.32. The van der Waals surface area contributed by atoms with Gasteiger partial charge in [-0.3, -0.25) is 0 Å². The standard InChI is InChI=1S/C16H18N4O2/c1-10-11(2)19-20-16(14(10)8-17)18-9-15(21)12-4-6-13(22-3)7-5-12/h4-7,15,21H,9H2,1-3H3,(H,18,20)/t15-/m1/s1. The third-order valence-electron chi connectivity index (χ3n) is 3.53. The minimum Gasteiger partial charge on any atom is -0.497 e. The zero-order valence-electron chi connectivity index (χ0n) is 12.8. The lowest BCUT2D eigenvalue weighted by Gasteiger charge is -2.14. The summed E-state index contributed by atoms with van der Waals surface area (Å²) in [4.78, 5) is 0. The Morgan fingerprint density at radius 2 is 1.95 bits per heavy atom. The van der Waals surface area contributed by atoms with E-state index in [1.54, 1.807) is 38.3 Å². The van der Waals surface area contributed by atoms with E-state index in [-0.39, 0.29) is 6.54 Å². The van der Waals surface area contributed by atoms with Crippen molar-refractivity contribution < 1.29 is 9.84 Å². The van der Waals surface area contributed by atoms with Crippen LogP contribution in [0.15, 0.2) is 24.3 Å². The van der Waals surface area contributed by atoms with Gasteiger partial charge in [0.25, 0.3) is 0 Å². The monoisotopic (exact) mass is 298 g/mol. The molecule has 6 heteroatoms. The molecule has 0 saturated carbocycles. The fraction of sp³-hybridized carbons (Fsp3) is 0.312. The molecule has 0 aliphatic heterocycles. The number of rotatable bonds is 5. The molecule has 2 rings (SSSR count). The molecule has 0 saturated heterocycles. The number of nitriles is 1. The Morgan fingerprint density at radius 1 is 1.27 bits per heavy atom. The number of anilines is 1. The topological polar surface area (TPSA) is 91.1 Å². The number of nitrogens with zero attached hydrogens (tertiary/aromatic N) is 3. The molecule has 22 heavy (non-hydrogen) atoms. The summed E-state index contributed by atoms with van der Waals surface area (Å²) in [5.41, 5.74) is 2.72. The highest BCUT2D eigenvalue weighted by Crippen LogP contribution is 2.20. The summed E-state index contributed by atoms with van der Waals surface area (Å²) in [7, 11) is 1.59. The summed E-state index contributed by atoms with van der Waals surface area (Å²) in [5.74, 6) is 1.12. The zero-order chi connectivity index (χ0) is 16.1. The van der Waals surface area contributed by atoms with Crippen LogP contribution in [0.2, 0.25) is 0 Å². The van der Waals surface area contributed by atoms with E-state index in [1.807, 2.05) is 6.92 Å². The van der Waals surface area contributed by atoms with Gasteiger partial charge in [-0.05, 0) is 37.1 Å². The Kier molecular flexibility index (Phi) is 4.92. The van der Waals surface area contributed by atoms with Gasteiger partial charge >= 0.3 is 0 Å². The van der Waals surface area contributed by atoms with Crippen LogP contribution in [0.3, 0.4) is 0 Å². The van der Waals surface area contributed by atoms with Crippen molar-refractivity contribution in [3.8, 4) is 11.8 Å².